The minimum atomic E-state index is -0.893. The number of fused-ring (bicyclic) bond motifs is 1. The number of thiazole rings is 1. The molecular formula is C36H32N4O7S. The summed E-state index contributed by atoms with van der Waals surface area (Å²) in [4.78, 5) is 44.5. The second-order valence-corrected chi connectivity index (χ2v) is 11.8. The van der Waals surface area contributed by atoms with E-state index in [1.165, 1.54) is 29.9 Å². The van der Waals surface area contributed by atoms with Crippen LogP contribution in [-0.4, -0.2) is 47.1 Å². The van der Waals surface area contributed by atoms with Gasteiger partial charge in [0.05, 0.1) is 48.4 Å². The fourth-order valence-corrected chi connectivity index (χ4v) is 6.56. The Morgan fingerprint density at radius 1 is 0.979 bits per heavy atom. The number of hydrogen-bond acceptors (Lipinski definition) is 10. The quantitative estimate of drug-likeness (QED) is 0.166. The highest BCUT2D eigenvalue weighted by Crippen LogP contribution is 2.36. The van der Waals surface area contributed by atoms with Crippen LogP contribution in [-0.2, 0) is 14.3 Å². The van der Waals surface area contributed by atoms with Crippen LogP contribution in [0, 0.1) is 0 Å². The van der Waals surface area contributed by atoms with E-state index in [9.17, 15) is 14.4 Å². The summed E-state index contributed by atoms with van der Waals surface area (Å²) < 4.78 is 25.2. The van der Waals surface area contributed by atoms with Crippen molar-refractivity contribution in [1.29, 1.82) is 0 Å². The number of benzene rings is 3. The van der Waals surface area contributed by atoms with E-state index >= 15 is 0 Å². The van der Waals surface area contributed by atoms with Crippen LogP contribution in [0.3, 0.4) is 0 Å². The molecule has 1 aliphatic rings. The van der Waals surface area contributed by atoms with Gasteiger partial charge in [-0.1, -0.05) is 35.6 Å². The number of aromatic nitrogens is 3. The Morgan fingerprint density at radius 2 is 1.73 bits per heavy atom. The summed E-state index contributed by atoms with van der Waals surface area (Å²) in [6.45, 7) is 4.86. The van der Waals surface area contributed by atoms with Gasteiger partial charge < -0.3 is 18.9 Å². The lowest BCUT2D eigenvalue weighted by atomic mass is 9.95. The summed E-state index contributed by atoms with van der Waals surface area (Å²) in [5.74, 6) is 0.0798. The Balaban J connectivity index is 1.55. The second-order valence-electron chi connectivity index (χ2n) is 10.7. The molecule has 0 radical (unpaired) electrons. The summed E-state index contributed by atoms with van der Waals surface area (Å²) in [7, 11) is 3.05. The summed E-state index contributed by atoms with van der Waals surface area (Å²) in [5.41, 5.74) is 3.89. The topological polar surface area (TPSA) is 123 Å². The van der Waals surface area contributed by atoms with E-state index in [0.717, 1.165) is 11.3 Å². The van der Waals surface area contributed by atoms with Crippen LogP contribution in [0.2, 0.25) is 0 Å². The van der Waals surface area contributed by atoms with Gasteiger partial charge in [0.1, 0.15) is 11.4 Å². The zero-order valence-electron chi connectivity index (χ0n) is 26.9. The fourth-order valence-electron chi connectivity index (χ4n) is 5.52. The summed E-state index contributed by atoms with van der Waals surface area (Å²) in [5, 5.41) is 4.89. The van der Waals surface area contributed by atoms with Crippen molar-refractivity contribution in [2.75, 3.05) is 20.8 Å². The standard InChI is InChI=1S/C36H32N4O7S/c1-6-46-35(43)31-21(2)37-36-40(33(31)24-14-17-28(47-22(3)41)29(18-24)45-5)34(42)30(48-36)19-25-20-39(26-10-8-7-9-11-26)38-32(25)23-12-15-27(44-4)16-13-23/h7-20,33H,6H2,1-5H3/b30-19-/t33-/m0/s1. The van der Waals surface area contributed by atoms with Crippen molar-refractivity contribution in [2.45, 2.75) is 26.8 Å². The van der Waals surface area contributed by atoms with Gasteiger partial charge in [-0.25, -0.2) is 14.5 Å². The molecule has 1 atom stereocenters. The van der Waals surface area contributed by atoms with Gasteiger partial charge in [0.2, 0.25) is 0 Å². The Kier molecular flexibility index (Phi) is 9.08. The number of allylic oxidation sites excluding steroid dienone is 1. The predicted molar refractivity (Wildman–Crippen MR) is 180 cm³/mol. The highest BCUT2D eigenvalue weighted by molar-refractivity contribution is 7.07. The first-order valence-corrected chi connectivity index (χ1v) is 15.9. The van der Waals surface area contributed by atoms with Crippen molar-refractivity contribution >= 4 is 29.4 Å². The van der Waals surface area contributed by atoms with Crippen LogP contribution >= 0.6 is 11.3 Å². The van der Waals surface area contributed by atoms with E-state index < -0.39 is 18.0 Å². The molecular weight excluding hydrogens is 632 g/mol. The van der Waals surface area contributed by atoms with Crippen LogP contribution in [0.4, 0.5) is 0 Å². The van der Waals surface area contributed by atoms with E-state index in [1.54, 1.807) is 49.9 Å². The van der Waals surface area contributed by atoms with Gasteiger partial charge in [-0.15, -0.1) is 0 Å². The van der Waals surface area contributed by atoms with Gasteiger partial charge in [0.15, 0.2) is 16.3 Å². The number of carbonyl (C=O) groups is 2. The lowest BCUT2D eigenvalue weighted by molar-refractivity contribution is -0.139. The van der Waals surface area contributed by atoms with Crippen molar-refractivity contribution in [2.24, 2.45) is 4.99 Å². The first kappa shape index (κ1) is 32.2. The van der Waals surface area contributed by atoms with Crippen molar-refractivity contribution < 1.29 is 28.5 Å². The van der Waals surface area contributed by atoms with E-state index in [2.05, 4.69) is 4.99 Å². The molecule has 12 heteroatoms. The van der Waals surface area contributed by atoms with Crippen LogP contribution in [0.25, 0.3) is 23.0 Å². The van der Waals surface area contributed by atoms with Gasteiger partial charge in [0, 0.05) is 24.2 Å². The lowest BCUT2D eigenvalue weighted by Crippen LogP contribution is -2.40. The van der Waals surface area contributed by atoms with E-state index in [1.807, 2.05) is 60.8 Å². The number of nitrogens with zero attached hydrogens (tertiary/aromatic N) is 4. The minimum absolute atomic E-state index is 0.140. The van der Waals surface area contributed by atoms with Crippen LogP contribution in [0.5, 0.6) is 17.2 Å². The number of ether oxygens (including phenoxy) is 4. The number of para-hydroxylation sites is 1. The normalized spacial score (nSPS) is 14.3. The van der Waals surface area contributed by atoms with Gasteiger partial charge in [-0.2, -0.15) is 5.10 Å². The SMILES string of the molecule is CCOC(=O)C1=C(C)N=c2s/c(=C\c3cn(-c4ccccc4)nc3-c3ccc(OC)cc3)c(=O)n2[C@H]1c1ccc(OC(C)=O)c(OC)c1. The molecule has 0 saturated carbocycles. The maximum absolute atomic E-state index is 14.4. The zero-order chi connectivity index (χ0) is 33.9. The molecule has 2 aromatic heterocycles. The molecule has 0 amide bonds. The van der Waals surface area contributed by atoms with Crippen molar-refractivity contribution in [3.8, 4) is 34.2 Å². The fraction of sp³-hybridized carbons (Fsp3) is 0.194. The first-order chi connectivity index (χ1) is 23.2. The van der Waals surface area contributed by atoms with Gasteiger partial charge in [0.25, 0.3) is 5.56 Å². The molecule has 0 unspecified atom stereocenters. The molecule has 48 heavy (non-hydrogen) atoms. The van der Waals surface area contributed by atoms with Gasteiger partial charge in [-0.05, 0) is 74.0 Å². The Bertz CT molecular complexity index is 2230. The van der Waals surface area contributed by atoms with Crippen LogP contribution in [0.1, 0.15) is 37.9 Å². The molecule has 244 valence electrons. The van der Waals surface area contributed by atoms with Gasteiger partial charge in [-0.3, -0.25) is 14.2 Å². The average Bonchev–Trinajstić information content (AvgIpc) is 3.65. The Hall–Kier alpha value is -5.75. The summed E-state index contributed by atoms with van der Waals surface area (Å²) in [6, 6.07) is 21.2. The lowest BCUT2D eigenvalue weighted by Gasteiger charge is -2.25. The van der Waals surface area contributed by atoms with Crippen molar-refractivity contribution in [3.63, 3.8) is 0 Å². The number of esters is 2. The zero-order valence-corrected chi connectivity index (χ0v) is 27.7. The Labute approximate surface area is 279 Å². The monoisotopic (exact) mass is 664 g/mol. The van der Waals surface area contributed by atoms with E-state index in [4.69, 9.17) is 24.0 Å². The predicted octanol–water partition coefficient (Wildman–Crippen LogP) is 4.59. The van der Waals surface area contributed by atoms with E-state index in [-0.39, 0.29) is 29.2 Å². The largest absolute Gasteiger partial charge is 0.497 e. The van der Waals surface area contributed by atoms with Crippen LogP contribution < -0.4 is 29.1 Å². The molecule has 5 aromatic rings. The molecule has 3 aromatic carbocycles. The molecule has 11 nitrogen and oxygen atoms in total. The first-order valence-electron chi connectivity index (χ1n) is 15.1. The maximum atomic E-state index is 14.4. The number of carbonyl (C=O) groups excluding carboxylic acids is 2. The summed E-state index contributed by atoms with van der Waals surface area (Å²) in [6.07, 6.45) is 3.67. The number of rotatable bonds is 9. The molecule has 0 bridgehead atoms. The van der Waals surface area contributed by atoms with Gasteiger partial charge >= 0.3 is 11.9 Å². The minimum Gasteiger partial charge on any atom is -0.497 e. The summed E-state index contributed by atoms with van der Waals surface area (Å²) >= 11 is 1.21. The van der Waals surface area contributed by atoms with Crippen molar-refractivity contribution in [3.05, 3.63) is 121 Å². The van der Waals surface area contributed by atoms with E-state index in [0.29, 0.717) is 37.6 Å². The molecule has 3 heterocycles. The number of methoxy groups -OCH3 is 2. The maximum Gasteiger partial charge on any atom is 0.338 e. The third kappa shape index (κ3) is 6.17. The highest BCUT2D eigenvalue weighted by atomic mass is 32.1. The smallest absolute Gasteiger partial charge is 0.338 e. The third-order valence-corrected chi connectivity index (χ3v) is 8.67. The van der Waals surface area contributed by atoms with Crippen molar-refractivity contribution in [1.82, 2.24) is 14.3 Å². The molecule has 1 aliphatic heterocycles. The Morgan fingerprint density at radius 3 is 2.40 bits per heavy atom. The molecule has 0 saturated heterocycles. The molecule has 0 fully saturated rings. The molecule has 0 spiro atoms. The average molecular weight is 665 g/mol. The highest BCUT2D eigenvalue weighted by Gasteiger charge is 2.34. The molecule has 0 N–H and O–H groups in total. The second kappa shape index (κ2) is 13.5. The molecule has 6 rings (SSSR count). The van der Waals surface area contributed by atoms with Crippen LogP contribution in [0.15, 0.2) is 100 Å². The third-order valence-electron chi connectivity index (χ3n) is 7.69. The number of hydrogen-bond donors (Lipinski definition) is 0. The molecule has 0 aliphatic carbocycles.